The molecule has 3 N–H and O–H groups in total. The highest BCUT2D eigenvalue weighted by Gasteiger charge is 2.31. The SMILES string of the molecule is COc1cc(C)c2[nH]ccc2c1CN1CCN(CC(F)F)C[C@@H]1c1ccc(C(=O)O)c(Nc2cnn(C)c2)c1. The zero-order chi connectivity index (χ0) is 27.7. The third-order valence-corrected chi connectivity index (χ3v) is 7.31. The van der Waals surface area contributed by atoms with Gasteiger partial charge in [0.2, 0.25) is 0 Å². The van der Waals surface area contributed by atoms with Crippen LogP contribution in [0.15, 0.2) is 48.9 Å². The van der Waals surface area contributed by atoms with Crippen molar-refractivity contribution in [3.05, 3.63) is 71.2 Å². The molecule has 0 radical (unpaired) electrons. The summed E-state index contributed by atoms with van der Waals surface area (Å²) >= 11 is 0. The molecule has 1 atom stereocenters. The number of carboxylic acid groups (broad SMARTS) is 1. The molecule has 9 nitrogen and oxygen atoms in total. The summed E-state index contributed by atoms with van der Waals surface area (Å²) < 4.78 is 34.1. The minimum absolute atomic E-state index is 0.114. The van der Waals surface area contributed by atoms with E-state index in [4.69, 9.17) is 4.74 Å². The molecule has 4 aromatic rings. The van der Waals surface area contributed by atoms with Crippen LogP contribution >= 0.6 is 0 Å². The van der Waals surface area contributed by atoms with Crippen molar-refractivity contribution in [2.75, 3.05) is 38.6 Å². The number of hydrogen-bond donors (Lipinski definition) is 3. The first-order chi connectivity index (χ1) is 18.7. The quantitative estimate of drug-likeness (QED) is 0.282. The normalized spacial score (nSPS) is 16.7. The number of piperazine rings is 1. The van der Waals surface area contributed by atoms with Crippen LogP contribution in [0.3, 0.4) is 0 Å². The number of ether oxygens (including phenoxy) is 1. The second-order valence-electron chi connectivity index (χ2n) is 9.92. The van der Waals surface area contributed by atoms with E-state index < -0.39 is 12.4 Å². The van der Waals surface area contributed by atoms with Gasteiger partial charge in [-0.15, -0.1) is 0 Å². The van der Waals surface area contributed by atoms with Crippen molar-refractivity contribution < 1.29 is 23.4 Å². The molecule has 206 valence electrons. The minimum atomic E-state index is -2.44. The molecular weight excluding hydrogens is 506 g/mol. The highest BCUT2D eigenvalue weighted by atomic mass is 19.3. The lowest BCUT2D eigenvalue weighted by Crippen LogP contribution is -2.49. The molecule has 1 aliphatic heterocycles. The Morgan fingerprint density at radius 3 is 2.79 bits per heavy atom. The topological polar surface area (TPSA) is 98.7 Å². The first kappa shape index (κ1) is 26.6. The van der Waals surface area contributed by atoms with Crippen LogP contribution < -0.4 is 10.1 Å². The summed E-state index contributed by atoms with van der Waals surface area (Å²) in [5.41, 5.74) is 5.14. The Labute approximate surface area is 225 Å². The minimum Gasteiger partial charge on any atom is -0.496 e. The Kier molecular flexibility index (Phi) is 7.53. The number of hydrogen-bond acceptors (Lipinski definition) is 6. The number of carboxylic acids is 1. The lowest BCUT2D eigenvalue weighted by atomic mass is 9.97. The number of alkyl halides is 2. The van der Waals surface area contributed by atoms with E-state index in [1.807, 2.05) is 25.3 Å². The Hall–Kier alpha value is -3.96. The highest BCUT2D eigenvalue weighted by Crippen LogP contribution is 2.36. The summed E-state index contributed by atoms with van der Waals surface area (Å²) in [4.78, 5) is 19.3. The van der Waals surface area contributed by atoms with Crippen LogP contribution in [0, 0.1) is 6.92 Å². The molecule has 5 rings (SSSR count). The molecule has 3 heterocycles. The number of halogens is 2. The van der Waals surface area contributed by atoms with Gasteiger partial charge in [-0.25, -0.2) is 13.6 Å². The number of carbonyl (C=O) groups is 1. The van der Waals surface area contributed by atoms with Gasteiger partial charge in [-0.3, -0.25) is 14.5 Å². The number of aromatic nitrogens is 3. The van der Waals surface area contributed by atoms with Gasteiger partial charge >= 0.3 is 5.97 Å². The van der Waals surface area contributed by atoms with E-state index in [2.05, 4.69) is 20.3 Å². The summed E-state index contributed by atoms with van der Waals surface area (Å²) in [5.74, 6) is -0.291. The van der Waals surface area contributed by atoms with E-state index in [9.17, 15) is 18.7 Å². The fourth-order valence-corrected chi connectivity index (χ4v) is 5.43. The summed E-state index contributed by atoms with van der Waals surface area (Å²) in [7, 11) is 3.42. The van der Waals surface area contributed by atoms with Crippen LogP contribution in [0.25, 0.3) is 10.9 Å². The van der Waals surface area contributed by atoms with Crippen molar-refractivity contribution in [2.45, 2.75) is 25.9 Å². The molecule has 0 unspecified atom stereocenters. The average Bonchev–Trinajstić information content (AvgIpc) is 3.55. The number of anilines is 2. The van der Waals surface area contributed by atoms with Crippen LogP contribution in [-0.4, -0.2) is 75.4 Å². The van der Waals surface area contributed by atoms with E-state index >= 15 is 0 Å². The summed E-state index contributed by atoms with van der Waals surface area (Å²) in [6, 6.07) is 8.93. The number of benzene rings is 2. The maximum Gasteiger partial charge on any atom is 0.337 e. The van der Waals surface area contributed by atoms with Crippen LogP contribution in [0.2, 0.25) is 0 Å². The van der Waals surface area contributed by atoms with E-state index in [-0.39, 0.29) is 18.2 Å². The van der Waals surface area contributed by atoms with Crippen molar-refractivity contribution in [1.29, 1.82) is 0 Å². The molecule has 0 aliphatic carbocycles. The van der Waals surface area contributed by atoms with Gasteiger partial charge < -0.3 is 20.1 Å². The zero-order valence-electron chi connectivity index (χ0n) is 22.1. The third-order valence-electron chi connectivity index (χ3n) is 7.31. The fourth-order valence-electron chi connectivity index (χ4n) is 5.43. The number of nitrogens with one attached hydrogen (secondary N) is 2. The molecule has 1 saturated heterocycles. The second-order valence-corrected chi connectivity index (χ2v) is 9.92. The molecule has 2 aromatic heterocycles. The van der Waals surface area contributed by atoms with Crippen LogP contribution in [0.5, 0.6) is 5.75 Å². The Balaban J connectivity index is 1.53. The fraction of sp³-hybridized carbons (Fsp3) is 0.357. The zero-order valence-corrected chi connectivity index (χ0v) is 22.1. The lowest BCUT2D eigenvalue weighted by molar-refractivity contribution is 0.0246. The smallest absolute Gasteiger partial charge is 0.337 e. The van der Waals surface area contributed by atoms with Gasteiger partial charge in [0.15, 0.2) is 0 Å². The molecular formula is C28H32F2N6O3. The van der Waals surface area contributed by atoms with Gasteiger partial charge in [0.05, 0.1) is 36.8 Å². The number of H-pyrrole nitrogens is 1. The summed E-state index contributed by atoms with van der Waals surface area (Å²) in [5, 5.41) is 18.2. The largest absolute Gasteiger partial charge is 0.496 e. The van der Waals surface area contributed by atoms with Crippen molar-refractivity contribution in [1.82, 2.24) is 24.6 Å². The molecule has 0 saturated carbocycles. The van der Waals surface area contributed by atoms with Crippen LogP contribution in [0.4, 0.5) is 20.2 Å². The number of rotatable bonds is 9. The molecule has 0 spiro atoms. The highest BCUT2D eigenvalue weighted by molar-refractivity contribution is 5.95. The second kappa shape index (κ2) is 11.0. The van der Waals surface area contributed by atoms with Crippen molar-refractivity contribution in [2.24, 2.45) is 7.05 Å². The number of methoxy groups -OCH3 is 1. The number of aryl methyl sites for hydroxylation is 2. The molecule has 2 aromatic carbocycles. The predicted octanol–water partition coefficient (Wildman–Crippen LogP) is 4.78. The van der Waals surface area contributed by atoms with Crippen LogP contribution in [-0.2, 0) is 13.6 Å². The molecule has 11 heteroatoms. The Morgan fingerprint density at radius 2 is 2.10 bits per heavy atom. The summed E-state index contributed by atoms with van der Waals surface area (Å²) in [6.45, 7) is 3.70. The van der Waals surface area contributed by atoms with Gasteiger partial charge in [0.25, 0.3) is 6.43 Å². The van der Waals surface area contributed by atoms with Crippen molar-refractivity contribution in [3.63, 3.8) is 0 Å². The number of aromatic amines is 1. The third kappa shape index (κ3) is 5.59. The first-order valence-corrected chi connectivity index (χ1v) is 12.7. The number of fused-ring (bicyclic) bond motifs is 1. The standard InChI is InChI=1S/C28H32F2N6O3/c1-17-10-25(39-3)22(20-6-7-31-27(17)20)14-36-9-8-35(16-26(29)30)15-24(36)18-4-5-21(28(37)38)23(11-18)33-19-12-32-34(2)13-19/h4-7,10-13,24,26,31,33H,8-9,14-16H2,1-3H3,(H,37,38)/t24-/m1/s1. The Bertz CT molecular complexity index is 1480. The predicted molar refractivity (Wildman–Crippen MR) is 145 cm³/mol. The van der Waals surface area contributed by atoms with E-state index in [1.54, 1.807) is 54.3 Å². The molecule has 1 aliphatic rings. The van der Waals surface area contributed by atoms with Gasteiger partial charge in [-0.05, 0) is 42.3 Å². The van der Waals surface area contributed by atoms with Crippen LogP contribution in [0.1, 0.15) is 33.1 Å². The van der Waals surface area contributed by atoms with Gasteiger partial charge in [0, 0.05) is 68.1 Å². The maximum absolute atomic E-state index is 13.4. The lowest BCUT2D eigenvalue weighted by Gasteiger charge is -2.42. The molecule has 39 heavy (non-hydrogen) atoms. The monoisotopic (exact) mass is 538 g/mol. The van der Waals surface area contributed by atoms with Gasteiger partial charge in [-0.1, -0.05) is 6.07 Å². The van der Waals surface area contributed by atoms with E-state index in [1.165, 1.54) is 0 Å². The average molecular weight is 539 g/mol. The van der Waals surface area contributed by atoms with E-state index in [0.717, 1.165) is 33.3 Å². The summed E-state index contributed by atoms with van der Waals surface area (Å²) in [6.07, 6.45) is 2.83. The van der Waals surface area contributed by atoms with Crippen molar-refractivity contribution >= 4 is 28.2 Å². The Morgan fingerprint density at radius 1 is 1.28 bits per heavy atom. The van der Waals surface area contributed by atoms with Gasteiger partial charge in [-0.2, -0.15) is 5.10 Å². The van der Waals surface area contributed by atoms with E-state index in [0.29, 0.717) is 37.6 Å². The number of aromatic carboxylic acids is 1. The molecule has 0 bridgehead atoms. The van der Waals surface area contributed by atoms with Gasteiger partial charge in [0.1, 0.15) is 5.75 Å². The maximum atomic E-state index is 13.4. The number of nitrogens with zero attached hydrogens (tertiary/aromatic N) is 4. The first-order valence-electron chi connectivity index (χ1n) is 12.7. The molecule has 0 amide bonds. The van der Waals surface area contributed by atoms with Crippen molar-refractivity contribution in [3.8, 4) is 5.75 Å². The molecule has 1 fully saturated rings.